The summed E-state index contributed by atoms with van der Waals surface area (Å²) in [5, 5.41) is 17.5. The molecule has 3 aromatic rings. The zero-order valence-corrected chi connectivity index (χ0v) is 22.4. The highest BCUT2D eigenvalue weighted by Gasteiger charge is 2.35. The van der Waals surface area contributed by atoms with Crippen molar-refractivity contribution < 1.29 is 9.90 Å². The normalized spacial score (nSPS) is 15.9. The lowest BCUT2D eigenvalue weighted by atomic mass is 9.75. The number of carboxylic acid groups (broad SMARTS) is 1. The number of fused-ring (bicyclic) bond motifs is 1. The van der Waals surface area contributed by atoms with Crippen LogP contribution in [-0.2, 0) is 0 Å². The number of benzene rings is 1. The van der Waals surface area contributed by atoms with Gasteiger partial charge in [-0.3, -0.25) is 5.43 Å². The summed E-state index contributed by atoms with van der Waals surface area (Å²) in [5.41, 5.74) is 5.62. The number of piperidine rings is 1. The summed E-state index contributed by atoms with van der Waals surface area (Å²) >= 11 is 2.24. The van der Waals surface area contributed by atoms with Crippen LogP contribution in [0, 0.1) is 14.9 Å². The largest absolute Gasteiger partial charge is 0.465 e. The van der Waals surface area contributed by atoms with Crippen molar-refractivity contribution in [3.63, 3.8) is 0 Å². The van der Waals surface area contributed by atoms with Crippen molar-refractivity contribution in [3.8, 4) is 0 Å². The van der Waals surface area contributed by atoms with Crippen molar-refractivity contribution in [1.29, 1.82) is 0 Å². The quantitative estimate of drug-likeness (QED) is 0.198. The highest BCUT2D eigenvalue weighted by atomic mass is 127. The zero-order valence-electron chi connectivity index (χ0n) is 20.2. The van der Waals surface area contributed by atoms with Gasteiger partial charge in [0.25, 0.3) is 0 Å². The maximum Gasteiger partial charge on any atom is 0.404 e. The molecule has 1 aromatic carbocycles. The molecule has 184 valence electrons. The van der Waals surface area contributed by atoms with E-state index in [0.29, 0.717) is 11.7 Å². The maximum absolute atomic E-state index is 11.4. The van der Waals surface area contributed by atoms with E-state index < -0.39 is 6.09 Å². The molecule has 1 saturated heterocycles. The number of hydrogen-bond acceptors (Lipinski definition) is 6. The molecular weight excluding hydrogens is 555 g/mol. The number of hydrazone groups is 1. The van der Waals surface area contributed by atoms with E-state index in [1.165, 1.54) is 0 Å². The average molecular weight is 586 g/mol. The first kappa shape index (κ1) is 25.2. The Morgan fingerprint density at radius 1 is 1.23 bits per heavy atom. The van der Waals surface area contributed by atoms with Gasteiger partial charge in [0.2, 0.25) is 0 Å². The number of nitrogens with one attached hydrogen (secondary N) is 2. The van der Waals surface area contributed by atoms with Gasteiger partial charge < -0.3 is 15.3 Å². The molecule has 1 amide bonds. The molecule has 1 aliphatic heterocycles. The molecule has 0 aliphatic carbocycles. The molecule has 0 saturated carbocycles. The van der Waals surface area contributed by atoms with E-state index in [1.54, 1.807) is 12.4 Å². The van der Waals surface area contributed by atoms with Crippen LogP contribution < -0.4 is 15.6 Å². The summed E-state index contributed by atoms with van der Waals surface area (Å²) in [7, 11) is 0. The predicted octanol–water partition coefficient (Wildman–Crippen LogP) is 5.58. The molecule has 1 unspecified atom stereocenters. The van der Waals surface area contributed by atoms with Crippen LogP contribution >= 0.6 is 22.6 Å². The van der Waals surface area contributed by atoms with Crippen molar-refractivity contribution in [2.45, 2.75) is 39.7 Å². The van der Waals surface area contributed by atoms with E-state index in [1.807, 2.05) is 18.2 Å². The van der Waals surface area contributed by atoms with Crippen LogP contribution in [0.2, 0.25) is 0 Å². The summed E-state index contributed by atoms with van der Waals surface area (Å²) in [5.74, 6) is 0.983. The van der Waals surface area contributed by atoms with Crippen LogP contribution in [0.25, 0.3) is 10.9 Å². The summed E-state index contributed by atoms with van der Waals surface area (Å²) < 4.78 is 1.08. The molecule has 0 spiro atoms. The van der Waals surface area contributed by atoms with Crippen LogP contribution in [0.5, 0.6) is 0 Å². The van der Waals surface area contributed by atoms with E-state index in [0.717, 1.165) is 51.8 Å². The molecule has 3 heterocycles. The third-order valence-corrected chi connectivity index (χ3v) is 7.05. The fraction of sp³-hybridized carbons (Fsp3) is 0.385. The van der Waals surface area contributed by atoms with Gasteiger partial charge in [0.1, 0.15) is 5.82 Å². The van der Waals surface area contributed by atoms with Gasteiger partial charge in [0.05, 0.1) is 23.1 Å². The van der Waals surface area contributed by atoms with Crippen molar-refractivity contribution in [3.05, 3.63) is 57.9 Å². The smallest absolute Gasteiger partial charge is 0.404 e. The second kappa shape index (κ2) is 10.8. The first-order valence-electron chi connectivity index (χ1n) is 11.8. The Hall–Kier alpha value is -2.95. The number of hydrogen-bond donors (Lipinski definition) is 3. The number of nitrogens with zero attached hydrogens (tertiary/aromatic N) is 4. The Morgan fingerprint density at radius 3 is 2.69 bits per heavy atom. The van der Waals surface area contributed by atoms with Crippen LogP contribution in [0.1, 0.15) is 39.3 Å². The van der Waals surface area contributed by atoms with E-state index in [9.17, 15) is 9.90 Å². The number of para-hydroxylation sites is 1. The van der Waals surface area contributed by atoms with Crippen molar-refractivity contribution in [1.82, 2.24) is 15.3 Å². The summed E-state index contributed by atoms with van der Waals surface area (Å²) in [6, 6.07) is 14.0. The molecule has 1 atom stereocenters. The second-order valence-electron chi connectivity index (χ2n) is 9.93. The van der Waals surface area contributed by atoms with E-state index in [2.05, 4.69) is 93.4 Å². The topological polar surface area (TPSA) is 103 Å². The molecule has 4 rings (SSSR count). The summed E-state index contributed by atoms with van der Waals surface area (Å²) in [4.78, 5) is 22.9. The van der Waals surface area contributed by atoms with Crippen molar-refractivity contribution in [2.24, 2.45) is 16.4 Å². The Kier molecular flexibility index (Phi) is 7.73. The predicted molar refractivity (Wildman–Crippen MR) is 149 cm³/mol. The lowest BCUT2D eigenvalue weighted by Crippen LogP contribution is -2.51. The van der Waals surface area contributed by atoms with Gasteiger partial charge in [-0.2, -0.15) is 5.10 Å². The first-order valence-corrected chi connectivity index (χ1v) is 12.8. The Bertz CT molecular complexity index is 1220. The average Bonchev–Trinajstić information content (AvgIpc) is 2.82. The molecule has 35 heavy (non-hydrogen) atoms. The van der Waals surface area contributed by atoms with Crippen molar-refractivity contribution >= 4 is 57.3 Å². The third-order valence-electron chi connectivity index (χ3n) is 6.38. The molecular formula is C26H31IN6O2. The molecule has 0 bridgehead atoms. The standard InChI is InChI=1S/C26H31IN6O2/c1-26(2,3)24(31-25(34)35)18-10-13-33(14-11-18)21-6-4-5-17-7-8-20(30-23(17)21)16-29-32-22-15-19(27)9-12-28-22/h4-9,12,15-16,18,24,31H,10-11,13-14H2,1-3H3,(H,28,32)(H,34,35). The summed E-state index contributed by atoms with van der Waals surface area (Å²) in [6.07, 6.45) is 4.34. The molecule has 2 aromatic heterocycles. The minimum Gasteiger partial charge on any atom is -0.465 e. The van der Waals surface area contributed by atoms with Gasteiger partial charge in [-0.15, -0.1) is 0 Å². The minimum absolute atomic E-state index is 0.0782. The molecule has 3 N–H and O–H groups in total. The number of halogens is 1. The van der Waals surface area contributed by atoms with Gasteiger partial charge in [0.15, 0.2) is 0 Å². The van der Waals surface area contributed by atoms with E-state index in [4.69, 9.17) is 4.98 Å². The number of rotatable bonds is 6. The fourth-order valence-corrected chi connectivity index (χ4v) is 5.21. The Balaban J connectivity index is 1.50. The minimum atomic E-state index is -0.952. The summed E-state index contributed by atoms with van der Waals surface area (Å²) in [6.45, 7) is 8.01. The Labute approximate surface area is 219 Å². The van der Waals surface area contributed by atoms with Crippen molar-refractivity contribution in [2.75, 3.05) is 23.4 Å². The second-order valence-corrected chi connectivity index (χ2v) is 11.2. The fourth-order valence-electron chi connectivity index (χ4n) is 4.75. The Morgan fingerprint density at radius 2 is 2.00 bits per heavy atom. The van der Waals surface area contributed by atoms with Gasteiger partial charge in [-0.05, 0) is 71.0 Å². The lowest BCUT2D eigenvalue weighted by Gasteiger charge is -2.42. The van der Waals surface area contributed by atoms with Gasteiger partial charge in [-0.25, -0.2) is 14.8 Å². The third kappa shape index (κ3) is 6.39. The van der Waals surface area contributed by atoms with Gasteiger partial charge in [-0.1, -0.05) is 39.0 Å². The maximum atomic E-state index is 11.4. The van der Waals surface area contributed by atoms with Gasteiger partial charge >= 0.3 is 6.09 Å². The van der Waals surface area contributed by atoms with Crippen LogP contribution in [-0.4, -0.2) is 46.5 Å². The molecule has 1 fully saturated rings. The lowest BCUT2D eigenvalue weighted by molar-refractivity contribution is 0.142. The first-order chi connectivity index (χ1) is 16.7. The van der Waals surface area contributed by atoms with Crippen LogP contribution in [0.3, 0.4) is 0 Å². The number of aromatic nitrogens is 2. The molecule has 0 radical (unpaired) electrons. The highest BCUT2D eigenvalue weighted by molar-refractivity contribution is 14.1. The van der Waals surface area contributed by atoms with Crippen LogP contribution in [0.4, 0.5) is 16.3 Å². The van der Waals surface area contributed by atoms with E-state index >= 15 is 0 Å². The van der Waals surface area contributed by atoms with Crippen LogP contribution in [0.15, 0.2) is 53.8 Å². The van der Waals surface area contributed by atoms with Gasteiger partial charge in [0, 0.05) is 34.3 Å². The molecule has 1 aliphatic rings. The SMILES string of the molecule is CC(C)(C)C(NC(=O)O)C1CCN(c2cccc3ccc(C=NNc4cc(I)ccn4)nc23)CC1. The van der Waals surface area contributed by atoms with E-state index in [-0.39, 0.29) is 11.5 Å². The number of anilines is 2. The molecule has 9 heteroatoms. The number of pyridine rings is 2. The number of carbonyl (C=O) groups is 1. The molecule has 8 nitrogen and oxygen atoms in total. The number of amides is 1. The monoisotopic (exact) mass is 586 g/mol. The highest BCUT2D eigenvalue weighted by Crippen LogP contribution is 2.35. The zero-order chi connectivity index (χ0) is 25.0.